The largest absolute Gasteiger partial charge is 0.383 e. The summed E-state index contributed by atoms with van der Waals surface area (Å²) in [6.07, 6.45) is 1.66. The Hall–Kier alpha value is -4.89. The van der Waals surface area contributed by atoms with Crippen molar-refractivity contribution < 1.29 is 9.18 Å². The number of imidazole rings is 1. The van der Waals surface area contributed by atoms with Crippen molar-refractivity contribution >= 4 is 22.9 Å². The van der Waals surface area contributed by atoms with E-state index in [1.165, 1.54) is 4.90 Å². The minimum atomic E-state index is -0.908. The molecule has 2 aromatic carbocycles. The highest BCUT2D eigenvalue weighted by Gasteiger charge is 2.23. The maximum Gasteiger partial charge on any atom is 0.282 e. The van der Waals surface area contributed by atoms with Gasteiger partial charge in [0.25, 0.3) is 5.91 Å². The first-order valence-electron chi connectivity index (χ1n) is 13.1. The van der Waals surface area contributed by atoms with Crippen LogP contribution in [0.1, 0.15) is 5.56 Å². The van der Waals surface area contributed by atoms with Crippen LogP contribution in [-0.2, 0) is 11.3 Å². The van der Waals surface area contributed by atoms with Crippen molar-refractivity contribution in [3.05, 3.63) is 103 Å². The third kappa shape index (κ3) is 4.94. The van der Waals surface area contributed by atoms with Gasteiger partial charge in [0.05, 0.1) is 11.3 Å². The summed E-state index contributed by atoms with van der Waals surface area (Å²) < 4.78 is 15.2. The van der Waals surface area contributed by atoms with Crippen molar-refractivity contribution in [2.75, 3.05) is 31.9 Å². The number of aromatic nitrogens is 4. The second-order valence-corrected chi connectivity index (χ2v) is 9.75. The zero-order valence-corrected chi connectivity index (χ0v) is 21.9. The second-order valence-electron chi connectivity index (χ2n) is 9.75. The Labute approximate surface area is 231 Å². The molecule has 3 aromatic heterocycles. The van der Waals surface area contributed by atoms with Gasteiger partial charge in [0.15, 0.2) is 17.3 Å². The van der Waals surface area contributed by atoms with Crippen LogP contribution in [0, 0.1) is 0 Å². The van der Waals surface area contributed by atoms with Gasteiger partial charge in [0.2, 0.25) is 0 Å². The number of benzene rings is 2. The van der Waals surface area contributed by atoms with Gasteiger partial charge in [-0.05, 0) is 42.0 Å². The number of anilines is 1. The van der Waals surface area contributed by atoms with E-state index in [4.69, 9.17) is 15.7 Å². The van der Waals surface area contributed by atoms with Gasteiger partial charge < -0.3 is 10.6 Å². The fourth-order valence-electron chi connectivity index (χ4n) is 5.05. The van der Waals surface area contributed by atoms with Crippen LogP contribution in [0.4, 0.5) is 10.2 Å². The summed E-state index contributed by atoms with van der Waals surface area (Å²) in [4.78, 5) is 29.8. The predicted octanol–water partition coefficient (Wildman–Crippen LogP) is 4.86. The molecule has 6 rings (SSSR count). The molecule has 40 heavy (non-hydrogen) atoms. The van der Waals surface area contributed by atoms with Crippen molar-refractivity contribution in [2.45, 2.75) is 6.54 Å². The van der Waals surface area contributed by atoms with Crippen LogP contribution in [0.3, 0.4) is 0 Å². The number of hydrogen-bond acceptors (Lipinski definition) is 6. The molecule has 1 fully saturated rings. The Morgan fingerprint density at radius 2 is 1.65 bits per heavy atom. The lowest BCUT2D eigenvalue weighted by atomic mass is 10.1. The number of nitrogens with zero attached hydrogens (tertiary/aromatic N) is 6. The van der Waals surface area contributed by atoms with E-state index in [0.717, 1.165) is 45.8 Å². The van der Waals surface area contributed by atoms with E-state index in [1.54, 1.807) is 6.20 Å². The standard InChI is InChI=1S/C31H28FN7O/c1-21(32)31(40)38-18-16-37(17-19-38)20-22-9-11-24(12-10-22)39-29(25-8-5-15-34-28(25)33)36-27-14-13-26(35-30(27)39)23-6-3-2-4-7-23/h2-15H,1,16-20H2,(H2,33,34). The fourth-order valence-corrected chi connectivity index (χ4v) is 5.05. The lowest BCUT2D eigenvalue weighted by Crippen LogP contribution is -2.48. The molecule has 1 saturated heterocycles. The molecule has 0 spiro atoms. The smallest absolute Gasteiger partial charge is 0.282 e. The number of nitrogen functional groups attached to an aromatic ring is 1. The Morgan fingerprint density at radius 3 is 2.35 bits per heavy atom. The number of hydrogen-bond donors (Lipinski definition) is 1. The van der Waals surface area contributed by atoms with Gasteiger partial charge in [-0.3, -0.25) is 14.3 Å². The molecular formula is C31H28FN7O. The molecule has 4 heterocycles. The quantitative estimate of drug-likeness (QED) is 0.314. The van der Waals surface area contributed by atoms with Gasteiger partial charge in [0, 0.05) is 50.2 Å². The number of rotatable bonds is 6. The molecule has 1 aliphatic heterocycles. The molecular weight excluding hydrogens is 505 g/mol. The number of piperazine rings is 1. The molecule has 0 unspecified atom stereocenters. The SMILES string of the molecule is C=C(F)C(=O)N1CCN(Cc2ccc(-n3c(-c4cccnc4N)nc4ccc(-c5ccccc5)nc43)cc2)CC1. The lowest BCUT2D eigenvalue weighted by molar-refractivity contribution is -0.130. The van der Waals surface area contributed by atoms with Gasteiger partial charge in [-0.2, -0.15) is 0 Å². The Bertz CT molecular complexity index is 1690. The van der Waals surface area contributed by atoms with Crippen molar-refractivity contribution in [2.24, 2.45) is 0 Å². The molecule has 0 aliphatic carbocycles. The summed E-state index contributed by atoms with van der Waals surface area (Å²) >= 11 is 0. The van der Waals surface area contributed by atoms with Gasteiger partial charge >= 0.3 is 0 Å². The number of halogens is 1. The molecule has 200 valence electrons. The second kappa shape index (κ2) is 10.7. The molecule has 0 bridgehead atoms. The first-order valence-corrected chi connectivity index (χ1v) is 13.1. The number of fused-ring (bicyclic) bond motifs is 1. The lowest BCUT2D eigenvalue weighted by Gasteiger charge is -2.34. The molecule has 9 heteroatoms. The highest BCUT2D eigenvalue weighted by molar-refractivity contribution is 5.90. The van der Waals surface area contributed by atoms with E-state index in [0.29, 0.717) is 37.8 Å². The number of carbonyl (C=O) groups is 1. The average Bonchev–Trinajstić information content (AvgIpc) is 3.37. The minimum absolute atomic E-state index is 0.396. The van der Waals surface area contributed by atoms with Crippen molar-refractivity contribution in [3.8, 4) is 28.3 Å². The Balaban J connectivity index is 1.33. The molecule has 0 atom stereocenters. The van der Waals surface area contributed by atoms with Crippen LogP contribution in [0.2, 0.25) is 0 Å². The van der Waals surface area contributed by atoms with Crippen molar-refractivity contribution in [1.29, 1.82) is 0 Å². The number of nitrogens with two attached hydrogens (primary N) is 1. The van der Waals surface area contributed by atoms with Gasteiger partial charge in [-0.1, -0.05) is 49.0 Å². The minimum Gasteiger partial charge on any atom is -0.383 e. The van der Waals surface area contributed by atoms with E-state index in [9.17, 15) is 9.18 Å². The normalized spacial score (nSPS) is 14.0. The van der Waals surface area contributed by atoms with Gasteiger partial charge in [0.1, 0.15) is 11.3 Å². The maximum absolute atomic E-state index is 13.2. The fraction of sp³-hybridized carbons (Fsp3) is 0.161. The summed E-state index contributed by atoms with van der Waals surface area (Å²) in [5, 5.41) is 0. The number of amides is 1. The Kier molecular flexibility index (Phi) is 6.79. The molecule has 0 radical (unpaired) electrons. The van der Waals surface area contributed by atoms with Gasteiger partial charge in [-0.15, -0.1) is 0 Å². The van der Waals surface area contributed by atoms with E-state index in [-0.39, 0.29) is 0 Å². The number of pyridine rings is 2. The monoisotopic (exact) mass is 533 g/mol. The maximum atomic E-state index is 13.2. The summed E-state index contributed by atoms with van der Waals surface area (Å²) in [5.41, 5.74) is 12.4. The van der Waals surface area contributed by atoms with E-state index >= 15 is 0 Å². The molecule has 1 amide bonds. The highest BCUT2D eigenvalue weighted by Crippen LogP contribution is 2.31. The van der Waals surface area contributed by atoms with Crippen molar-refractivity contribution in [1.82, 2.24) is 29.3 Å². The summed E-state index contributed by atoms with van der Waals surface area (Å²) in [7, 11) is 0. The summed E-state index contributed by atoms with van der Waals surface area (Å²) in [6, 6.07) is 26.0. The van der Waals surface area contributed by atoms with E-state index in [1.807, 2.05) is 59.2 Å². The van der Waals surface area contributed by atoms with Crippen LogP contribution in [0.15, 0.2) is 97.5 Å². The third-order valence-corrected chi connectivity index (χ3v) is 7.15. The molecule has 8 nitrogen and oxygen atoms in total. The number of carbonyl (C=O) groups excluding carboxylic acids is 1. The first-order chi connectivity index (χ1) is 19.5. The first kappa shape index (κ1) is 25.4. The van der Waals surface area contributed by atoms with Crippen LogP contribution in [0.25, 0.3) is 39.5 Å². The third-order valence-electron chi connectivity index (χ3n) is 7.15. The van der Waals surface area contributed by atoms with Gasteiger partial charge in [-0.25, -0.2) is 19.3 Å². The molecule has 2 N–H and O–H groups in total. The van der Waals surface area contributed by atoms with Crippen LogP contribution < -0.4 is 5.73 Å². The zero-order chi connectivity index (χ0) is 27.6. The Morgan fingerprint density at radius 1 is 0.900 bits per heavy atom. The summed E-state index contributed by atoms with van der Waals surface area (Å²) in [5.74, 6) is -0.464. The highest BCUT2D eigenvalue weighted by atomic mass is 19.1. The van der Waals surface area contributed by atoms with E-state index < -0.39 is 11.7 Å². The van der Waals surface area contributed by atoms with Crippen LogP contribution in [0.5, 0.6) is 0 Å². The topological polar surface area (TPSA) is 93.2 Å². The van der Waals surface area contributed by atoms with Crippen LogP contribution in [-0.4, -0.2) is 61.4 Å². The zero-order valence-electron chi connectivity index (χ0n) is 21.9. The summed E-state index contributed by atoms with van der Waals surface area (Å²) in [6.45, 7) is 6.14. The predicted molar refractivity (Wildman–Crippen MR) is 154 cm³/mol. The van der Waals surface area contributed by atoms with E-state index in [2.05, 4.69) is 40.7 Å². The average molecular weight is 534 g/mol. The molecule has 1 aliphatic rings. The molecule has 5 aromatic rings. The van der Waals surface area contributed by atoms with Crippen molar-refractivity contribution in [3.63, 3.8) is 0 Å². The van der Waals surface area contributed by atoms with Crippen LogP contribution >= 0.6 is 0 Å². The molecule has 0 saturated carbocycles.